The number of nitrogens with one attached hydrogen (secondary N) is 1. The van der Waals surface area contributed by atoms with Gasteiger partial charge in [-0.25, -0.2) is 4.98 Å². The summed E-state index contributed by atoms with van der Waals surface area (Å²) in [6.45, 7) is 8.31. The number of thiazole rings is 1. The van der Waals surface area contributed by atoms with Gasteiger partial charge in [-0.3, -0.25) is 0 Å². The molecule has 2 unspecified atom stereocenters. The molecule has 3 nitrogen and oxygen atoms in total. The fourth-order valence-electron chi connectivity index (χ4n) is 1.90. The van der Waals surface area contributed by atoms with Crippen LogP contribution in [0.3, 0.4) is 0 Å². The zero-order valence-electron chi connectivity index (χ0n) is 10.2. The maximum atomic E-state index is 5.52. The Morgan fingerprint density at radius 1 is 1.62 bits per heavy atom. The summed E-state index contributed by atoms with van der Waals surface area (Å²) < 4.78 is 5.52. The highest BCUT2D eigenvalue weighted by Gasteiger charge is 2.23. The van der Waals surface area contributed by atoms with E-state index in [2.05, 4.69) is 31.1 Å². The first-order chi connectivity index (χ1) is 7.66. The quantitative estimate of drug-likeness (QED) is 0.878. The van der Waals surface area contributed by atoms with Crippen LogP contribution in [-0.2, 0) is 11.3 Å². The first-order valence-electron chi connectivity index (χ1n) is 5.96. The molecule has 1 aromatic heterocycles. The molecular formula is C12H20N2OS. The average Bonchev–Trinajstić information content (AvgIpc) is 2.83. The summed E-state index contributed by atoms with van der Waals surface area (Å²) >= 11 is 1.81. The molecular weight excluding hydrogens is 220 g/mol. The van der Waals surface area contributed by atoms with E-state index in [0.717, 1.165) is 19.6 Å². The van der Waals surface area contributed by atoms with Crippen molar-refractivity contribution >= 4 is 11.3 Å². The molecule has 4 heteroatoms. The molecule has 16 heavy (non-hydrogen) atoms. The zero-order valence-corrected chi connectivity index (χ0v) is 11.0. The Kier molecular flexibility index (Phi) is 3.95. The second-order valence-electron chi connectivity index (χ2n) is 4.67. The van der Waals surface area contributed by atoms with Crippen LogP contribution < -0.4 is 5.32 Å². The van der Waals surface area contributed by atoms with Crippen LogP contribution >= 0.6 is 11.3 Å². The zero-order chi connectivity index (χ0) is 11.5. The topological polar surface area (TPSA) is 34.2 Å². The first-order valence-corrected chi connectivity index (χ1v) is 6.78. The lowest BCUT2D eigenvalue weighted by atomic mass is 10.1. The van der Waals surface area contributed by atoms with Crippen LogP contribution in [0.1, 0.15) is 43.0 Å². The number of aromatic nitrogens is 1. The molecule has 1 aliphatic rings. The van der Waals surface area contributed by atoms with Gasteiger partial charge in [0.1, 0.15) is 0 Å². The number of ether oxygens (including phenoxy) is 1. The summed E-state index contributed by atoms with van der Waals surface area (Å²) in [5.41, 5.74) is 0. The molecule has 90 valence electrons. The highest BCUT2D eigenvalue weighted by molar-refractivity contribution is 7.11. The molecule has 0 spiro atoms. The van der Waals surface area contributed by atoms with Crippen LogP contribution in [-0.4, -0.2) is 23.7 Å². The molecule has 1 aromatic rings. The summed E-state index contributed by atoms with van der Waals surface area (Å²) in [7, 11) is 0. The lowest BCUT2D eigenvalue weighted by Gasteiger charge is -2.14. The number of nitrogens with zero attached hydrogens (tertiary/aromatic N) is 1. The average molecular weight is 240 g/mol. The fraction of sp³-hybridized carbons (Fsp3) is 0.750. The Bertz CT molecular complexity index is 338. The monoisotopic (exact) mass is 240 g/mol. The van der Waals surface area contributed by atoms with Crippen LogP contribution in [0.5, 0.6) is 0 Å². The Hall–Kier alpha value is -0.450. The minimum atomic E-state index is 0.345. The maximum absolute atomic E-state index is 5.52. The maximum Gasteiger partial charge on any atom is 0.0953 e. The van der Waals surface area contributed by atoms with Crippen molar-refractivity contribution in [1.82, 2.24) is 10.3 Å². The Morgan fingerprint density at radius 3 is 3.00 bits per heavy atom. The van der Waals surface area contributed by atoms with Crippen molar-refractivity contribution in [3.63, 3.8) is 0 Å². The van der Waals surface area contributed by atoms with Crippen molar-refractivity contribution in [2.75, 3.05) is 6.61 Å². The lowest BCUT2D eigenvalue weighted by molar-refractivity contribution is 0.113. The van der Waals surface area contributed by atoms with Crippen molar-refractivity contribution in [1.29, 1.82) is 0 Å². The molecule has 2 atom stereocenters. The van der Waals surface area contributed by atoms with Crippen LogP contribution in [0.15, 0.2) is 6.20 Å². The van der Waals surface area contributed by atoms with E-state index in [1.54, 1.807) is 0 Å². The molecule has 0 aliphatic carbocycles. The highest BCUT2D eigenvalue weighted by Crippen LogP contribution is 2.21. The van der Waals surface area contributed by atoms with Gasteiger partial charge in [0.2, 0.25) is 0 Å². The van der Waals surface area contributed by atoms with Gasteiger partial charge in [0.15, 0.2) is 0 Å². The van der Waals surface area contributed by atoms with Crippen LogP contribution in [0.2, 0.25) is 0 Å². The second kappa shape index (κ2) is 5.25. The van der Waals surface area contributed by atoms with Crippen molar-refractivity contribution < 1.29 is 4.74 Å². The third-order valence-corrected chi connectivity index (χ3v) is 4.28. The molecule has 0 amide bonds. The molecule has 1 N–H and O–H groups in total. The second-order valence-corrected chi connectivity index (χ2v) is 5.82. The standard InChI is InChI=1S/C12H20N2OS/c1-8(2)12-14-7-10(16-12)6-13-11-4-5-15-9(11)3/h7-9,11,13H,4-6H2,1-3H3. The largest absolute Gasteiger partial charge is 0.377 e. The lowest BCUT2D eigenvalue weighted by Crippen LogP contribution is -2.33. The SMILES string of the molecule is CC(C)c1ncc(CNC2CCOC2C)s1. The Balaban J connectivity index is 1.84. The highest BCUT2D eigenvalue weighted by atomic mass is 32.1. The molecule has 0 aromatic carbocycles. The molecule has 0 radical (unpaired) electrons. The Labute approximate surface area is 101 Å². The van der Waals surface area contributed by atoms with Gasteiger partial charge in [0.25, 0.3) is 0 Å². The van der Waals surface area contributed by atoms with E-state index in [4.69, 9.17) is 4.74 Å². The molecule has 1 aliphatic heterocycles. The van der Waals surface area contributed by atoms with Gasteiger partial charge in [-0.15, -0.1) is 11.3 Å². The van der Waals surface area contributed by atoms with Gasteiger partial charge < -0.3 is 10.1 Å². The van der Waals surface area contributed by atoms with Gasteiger partial charge in [0.05, 0.1) is 11.1 Å². The van der Waals surface area contributed by atoms with Gasteiger partial charge in [-0.05, 0) is 13.3 Å². The minimum Gasteiger partial charge on any atom is -0.377 e. The van der Waals surface area contributed by atoms with Gasteiger partial charge in [-0.1, -0.05) is 13.8 Å². The van der Waals surface area contributed by atoms with Crippen LogP contribution in [0.4, 0.5) is 0 Å². The molecule has 1 saturated heterocycles. The summed E-state index contributed by atoms with van der Waals surface area (Å²) in [5, 5.41) is 4.77. The minimum absolute atomic E-state index is 0.345. The predicted octanol–water partition coefficient (Wildman–Crippen LogP) is 2.53. The molecule has 0 saturated carbocycles. The summed E-state index contributed by atoms with van der Waals surface area (Å²) in [6, 6.07) is 0.504. The molecule has 2 rings (SSSR count). The van der Waals surface area contributed by atoms with E-state index in [-0.39, 0.29) is 0 Å². The van der Waals surface area contributed by atoms with E-state index < -0.39 is 0 Å². The third-order valence-electron chi connectivity index (χ3n) is 2.98. The molecule has 1 fully saturated rings. The van der Waals surface area contributed by atoms with Crippen molar-refractivity contribution in [3.8, 4) is 0 Å². The summed E-state index contributed by atoms with van der Waals surface area (Å²) in [6.07, 6.45) is 3.46. The van der Waals surface area contributed by atoms with E-state index >= 15 is 0 Å². The van der Waals surface area contributed by atoms with E-state index in [0.29, 0.717) is 18.1 Å². The smallest absolute Gasteiger partial charge is 0.0953 e. The summed E-state index contributed by atoms with van der Waals surface area (Å²) in [5.74, 6) is 0.535. The van der Waals surface area contributed by atoms with Gasteiger partial charge >= 0.3 is 0 Å². The van der Waals surface area contributed by atoms with Gasteiger partial charge in [-0.2, -0.15) is 0 Å². The van der Waals surface area contributed by atoms with E-state index in [1.165, 1.54) is 9.88 Å². The van der Waals surface area contributed by atoms with Crippen molar-refractivity contribution in [2.24, 2.45) is 0 Å². The molecule has 2 heterocycles. The van der Waals surface area contributed by atoms with Crippen LogP contribution in [0.25, 0.3) is 0 Å². The van der Waals surface area contributed by atoms with Crippen molar-refractivity contribution in [2.45, 2.75) is 51.8 Å². The molecule has 0 bridgehead atoms. The van der Waals surface area contributed by atoms with E-state index in [1.807, 2.05) is 17.5 Å². The van der Waals surface area contributed by atoms with Gasteiger partial charge in [0, 0.05) is 36.2 Å². The van der Waals surface area contributed by atoms with Crippen LogP contribution in [0, 0.1) is 0 Å². The number of hydrogen-bond donors (Lipinski definition) is 1. The Morgan fingerprint density at radius 2 is 2.44 bits per heavy atom. The predicted molar refractivity (Wildman–Crippen MR) is 66.9 cm³/mol. The third kappa shape index (κ3) is 2.81. The van der Waals surface area contributed by atoms with E-state index in [9.17, 15) is 0 Å². The van der Waals surface area contributed by atoms with Crippen molar-refractivity contribution in [3.05, 3.63) is 16.1 Å². The first kappa shape index (κ1) is 12.0. The number of rotatable bonds is 4. The fourth-order valence-corrected chi connectivity index (χ4v) is 2.77. The normalized spacial score (nSPS) is 25.5. The number of hydrogen-bond acceptors (Lipinski definition) is 4. The summed E-state index contributed by atoms with van der Waals surface area (Å²) in [4.78, 5) is 5.75.